The quantitative estimate of drug-likeness (QED) is 0.660. The van der Waals surface area contributed by atoms with E-state index >= 15 is 0 Å². The zero-order valence-electron chi connectivity index (χ0n) is 10.3. The highest BCUT2D eigenvalue weighted by Gasteiger charge is 2.34. The number of nitro benzene ring substituents is 1. The van der Waals surface area contributed by atoms with Crippen LogP contribution in [0.2, 0.25) is 0 Å². The third kappa shape index (κ3) is 2.04. The molecule has 1 atom stereocenters. The predicted molar refractivity (Wildman–Crippen MR) is 69.1 cm³/mol. The van der Waals surface area contributed by atoms with Gasteiger partial charge in [0.25, 0.3) is 5.69 Å². The number of hydrogen-bond acceptors (Lipinski definition) is 7. The standard InChI is InChI=1S/C11H11N3O5S/c15-14(16)7-1-2-10-9(5-7)13-11(19-10)20(17,18)8-3-4-12-6-8/h1-2,5,8,12H,3-4,6H2/t8-/m1/s1. The van der Waals surface area contributed by atoms with Crippen molar-refractivity contribution in [1.29, 1.82) is 0 Å². The number of nitro groups is 1. The lowest BCUT2D eigenvalue weighted by Gasteiger charge is -2.05. The van der Waals surface area contributed by atoms with Gasteiger partial charge in [-0.2, -0.15) is 4.98 Å². The van der Waals surface area contributed by atoms with Crippen molar-refractivity contribution in [3.05, 3.63) is 28.3 Å². The van der Waals surface area contributed by atoms with E-state index in [1.54, 1.807) is 0 Å². The van der Waals surface area contributed by atoms with Gasteiger partial charge in [0.05, 0.1) is 10.2 Å². The Morgan fingerprint density at radius 2 is 2.25 bits per heavy atom. The summed E-state index contributed by atoms with van der Waals surface area (Å²) in [5, 5.41) is 12.7. The number of sulfone groups is 1. The monoisotopic (exact) mass is 297 g/mol. The van der Waals surface area contributed by atoms with E-state index in [9.17, 15) is 18.5 Å². The third-order valence-corrected chi connectivity index (χ3v) is 5.20. The maximum Gasteiger partial charge on any atom is 0.316 e. The molecule has 1 fully saturated rings. The van der Waals surface area contributed by atoms with Crippen LogP contribution in [-0.4, -0.2) is 36.7 Å². The number of nitrogens with one attached hydrogen (secondary N) is 1. The van der Waals surface area contributed by atoms with E-state index in [1.165, 1.54) is 18.2 Å². The van der Waals surface area contributed by atoms with Crippen LogP contribution in [0.1, 0.15) is 6.42 Å². The molecule has 20 heavy (non-hydrogen) atoms. The second kappa shape index (κ2) is 4.53. The lowest BCUT2D eigenvalue weighted by molar-refractivity contribution is -0.384. The van der Waals surface area contributed by atoms with Crippen LogP contribution in [0.25, 0.3) is 11.1 Å². The summed E-state index contributed by atoms with van der Waals surface area (Å²) in [5.74, 6) is 0. The molecular weight excluding hydrogens is 286 g/mol. The van der Waals surface area contributed by atoms with E-state index < -0.39 is 20.0 Å². The smallest absolute Gasteiger partial charge is 0.316 e. The van der Waals surface area contributed by atoms with Crippen molar-refractivity contribution in [2.45, 2.75) is 16.9 Å². The molecule has 0 bridgehead atoms. The van der Waals surface area contributed by atoms with Crippen LogP contribution in [0.3, 0.4) is 0 Å². The van der Waals surface area contributed by atoms with Gasteiger partial charge in [0.2, 0.25) is 9.84 Å². The van der Waals surface area contributed by atoms with Gasteiger partial charge in [-0.25, -0.2) is 8.42 Å². The molecule has 8 nitrogen and oxygen atoms in total. The molecule has 0 unspecified atom stereocenters. The molecule has 0 radical (unpaired) electrons. The summed E-state index contributed by atoms with van der Waals surface area (Å²) in [6.45, 7) is 0.997. The summed E-state index contributed by atoms with van der Waals surface area (Å²) in [6.07, 6.45) is 0.501. The SMILES string of the molecule is O=[N+]([O-])c1ccc2oc(S(=O)(=O)[C@@H]3CCNC3)nc2c1. The number of oxazole rings is 1. The van der Waals surface area contributed by atoms with E-state index in [-0.39, 0.29) is 22.0 Å². The van der Waals surface area contributed by atoms with Crippen LogP contribution in [0, 0.1) is 10.1 Å². The minimum absolute atomic E-state index is 0.155. The molecule has 1 aromatic carbocycles. The fraction of sp³-hybridized carbons (Fsp3) is 0.364. The Hall–Kier alpha value is -2.00. The van der Waals surface area contributed by atoms with Crippen molar-refractivity contribution >= 4 is 26.6 Å². The molecule has 0 amide bonds. The molecule has 106 valence electrons. The van der Waals surface area contributed by atoms with Crippen molar-refractivity contribution in [2.24, 2.45) is 0 Å². The second-order valence-corrected chi connectivity index (χ2v) is 6.65. The van der Waals surface area contributed by atoms with Gasteiger partial charge in [0.1, 0.15) is 5.52 Å². The predicted octanol–water partition coefficient (Wildman–Crippen LogP) is 0.872. The lowest BCUT2D eigenvalue weighted by Crippen LogP contribution is -2.24. The Bertz CT molecular complexity index is 776. The Morgan fingerprint density at radius 3 is 2.90 bits per heavy atom. The largest absolute Gasteiger partial charge is 0.428 e. The molecule has 3 rings (SSSR count). The number of benzene rings is 1. The van der Waals surface area contributed by atoms with Crippen LogP contribution in [-0.2, 0) is 9.84 Å². The summed E-state index contributed by atoms with van der Waals surface area (Å²) >= 11 is 0. The topological polar surface area (TPSA) is 115 Å². The third-order valence-electron chi connectivity index (χ3n) is 3.26. The first-order chi connectivity index (χ1) is 9.48. The summed E-state index contributed by atoms with van der Waals surface area (Å²) in [7, 11) is -3.64. The fourth-order valence-electron chi connectivity index (χ4n) is 2.17. The molecule has 0 spiro atoms. The average Bonchev–Trinajstić information content (AvgIpc) is 3.07. The summed E-state index contributed by atoms with van der Waals surface area (Å²) < 4.78 is 29.8. The zero-order valence-corrected chi connectivity index (χ0v) is 11.1. The molecule has 2 aromatic rings. The van der Waals surface area contributed by atoms with Gasteiger partial charge >= 0.3 is 5.22 Å². The van der Waals surface area contributed by atoms with Crippen LogP contribution in [0.4, 0.5) is 5.69 Å². The van der Waals surface area contributed by atoms with Crippen molar-refractivity contribution in [3.8, 4) is 0 Å². The maximum atomic E-state index is 12.3. The molecular formula is C11H11N3O5S. The summed E-state index contributed by atoms with van der Waals surface area (Å²) in [4.78, 5) is 14.0. The summed E-state index contributed by atoms with van der Waals surface area (Å²) in [6, 6.07) is 3.80. The maximum absolute atomic E-state index is 12.3. The zero-order chi connectivity index (χ0) is 14.3. The minimum atomic E-state index is -3.64. The van der Waals surface area contributed by atoms with Crippen LogP contribution in [0.5, 0.6) is 0 Å². The number of nitrogens with zero attached hydrogens (tertiary/aromatic N) is 2. The van der Waals surface area contributed by atoms with E-state index in [2.05, 4.69) is 10.3 Å². The molecule has 1 aliphatic rings. The first kappa shape index (κ1) is 13.0. The highest BCUT2D eigenvalue weighted by molar-refractivity contribution is 7.91. The highest BCUT2D eigenvalue weighted by Crippen LogP contribution is 2.26. The van der Waals surface area contributed by atoms with Crippen LogP contribution < -0.4 is 5.32 Å². The van der Waals surface area contributed by atoms with Gasteiger partial charge < -0.3 is 9.73 Å². The highest BCUT2D eigenvalue weighted by atomic mass is 32.2. The number of fused-ring (bicyclic) bond motifs is 1. The molecule has 2 heterocycles. The second-order valence-electron chi connectivity index (χ2n) is 4.55. The van der Waals surface area contributed by atoms with E-state index in [0.29, 0.717) is 19.5 Å². The minimum Gasteiger partial charge on any atom is -0.428 e. The van der Waals surface area contributed by atoms with Crippen LogP contribution >= 0.6 is 0 Å². The molecule has 0 saturated carbocycles. The van der Waals surface area contributed by atoms with Gasteiger partial charge in [0.15, 0.2) is 5.58 Å². The summed E-state index contributed by atoms with van der Waals surface area (Å²) in [5.41, 5.74) is 0.237. The molecule has 1 N–H and O–H groups in total. The average molecular weight is 297 g/mol. The normalized spacial score (nSPS) is 19.5. The van der Waals surface area contributed by atoms with Crippen molar-refractivity contribution in [2.75, 3.05) is 13.1 Å². The van der Waals surface area contributed by atoms with Crippen molar-refractivity contribution in [3.63, 3.8) is 0 Å². The van der Waals surface area contributed by atoms with Crippen molar-refractivity contribution in [1.82, 2.24) is 10.3 Å². The number of hydrogen-bond donors (Lipinski definition) is 1. The first-order valence-corrected chi connectivity index (χ1v) is 7.53. The van der Waals surface area contributed by atoms with E-state index in [0.717, 1.165) is 0 Å². The molecule has 1 aromatic heterocycles. The van der Waals surface area contributed by atoms with Gasteiger partial charge in [-0.05, 0) is 19.0 Å². The van der Waals surface area contributed by atoms with Crippen LogP contribution in [0.15, 0.2) is 27.8 Å². The van der Waals surface area contributed by atoms with E-state index in [4.69, 9.17) is 4.42 Å². The Labute approximate surface area is 113 Å². The van der Waals surface area contributed by atoms with Gasteiger partial charge in [-0.15, -0.1) is 0 Å². The number of aromatic nitrogens is 1. The molecule has 9 heteroatoms. The molecule has 1 saturated heterocycles. The molecule has 1 aliphatic heterocycles. The Morgan fingerprint density at radius 1 is 1.45 bits per heavy atom. The number of non-ortho nitro benzene ring substituents is 1. The fourth-order valence-corrected chi connectivity index (χ4v) is 3.65. The van der Waals surface area contributed by atoms with Gasteiger partial charge in [-0.1, -0.05) is 0 Å². The van der Waals surface area contributed by atoms with E-state index in [1.807, 2.05) is 0 Å². The Kier molecular flexibility index (Phi) is 2.94. The first-order valence-electron chi connectivity index (χ1n) is 5.98. The van der Waals surface area contributed by atoms with Gasteiger partial charge in [0, 0.05) is 18.7 Å². The lowest BCUT2D eigenvalue weighted by atomic mass is 10.3. The molecule has 0 aliphatic carbocycles. The van der Waals surface area contributed by atoms with Gasteiger partial charge in [-0.3, -0.25) is 10.1 Å². The van der Waals surface area contributed by atoms with Crippen molar-refractivity contribution < 1.29 is 17.8 Å². The Balaban J connectivity index is 2.06. The number of rotatable bonds is 3.